The molecule has 1 rings (SSSR count). The largest absolute Gasteiger partial charge is 0.462 e. The van der Waals surface area contributed by atoms with Gasteiger partial charge in [0.1, 0.15) is 0 Å². The maximum absolute atomic E-state index is 11.4. The van der Waals surface area contributed by atoms with Crippen molar-refractivity contribution in [1.29, 1.82) is 0 Å². The monoisotopic (exact) mass is 246 g/mol. The highest BCUT2D eigenvalue weighted by Gasteiger charge is 2.14. The average molecular weight is 246 g/mol. The van der Waals surface area contributed by atoms with E-state index in [2.05, 4.69) is 25.6 Å². The van der Waals surface area contributed by atoms with Crippen LogP contribution in [-0.4, -0.2) is 12.6 Å². The number of carbonyl (C=O) groups excluding carboxylic acids is 1. The first kappa shape index (κ1) is 14.5. The van der Waals surface area contributed by atoms with Gasteiger partial charge in [-0.15, -0.1) is 0 Å². The summed E-state index contributed by atoms with van der Waals surface area (Å²) in [5, 5.41) is 0. The van der Waals surface area contributed by atoms with E-state index in [1.165, 1.54) is 5.56 Å². The van der Waals surface area contributed by atoms with E-state index < -0.39 is 0 Å². The van der Waals surface area contributed by atoms with E-state index in [0.717, 1.165) is 19.3 Å². The van der Waals surface area contributed by atoms with Crippen molar-refractivity contribution in [2.75, 3.05) is 6.61 Å². The second kappa shape index (κ2) is 7.70. The molecule has 0 aliphatic heterocycles. The number of hydrogen-bond acceptors (Lipinski definition) is 2. The molecule has 18 heavy (non-hydrogen) atoms. The maximum Gasteiger partial charge on any atom is 0.333 e. The van der Waals surface area contributed by atoms with E-state index in [1.54, 1.807) is 6.92 Å². The summed E-state index contributed by atoms with van der Waals surface area (Å²) < 4.78 is 5.28. The van der Waals surface area contributed by atoms with Crippen molar-refractivity contribution >= 4 is 5.97 Å². The zero-order chi connectivity index (χ0) is 13.4. The molecule has 0 heterocycles. The van der Waals surface area contributed by atoms with Crippen LogP contribution in [0, 0.1) is 0 Å². The third-order valence-corrected chi connectivity index (χ3v) is 2.94. The molecule has 1 atom stereocenters. The van der Waals surface area contributed by atoms with Crippen LogP contribution in [0.5, 0.6) is 0 Å². The third kappa shape index (κ3) is 4.74. The second-order valence-corrected chi connectivity index (χ2v) is 4.63. The normalized spacial score (nSPS) is 11.9. The molecule has 0 aliphatic rings. The minimum atomic E-state index is -0.299. The standard InChI is InChI=1S/C16H22O2/c1-4-5-9-15(12-18-16(17)13(2)3)14-10-7-6-8-11-14/h6-8,10-11,15H,2,4-5,9,12H2,1,3H3. The Morgan fingerprint density at radius 2 is 2.00 bits per heavy atom. The number of rotatable bonds is 7. The van der Waals surface area contributed by atoms with E-state index in [1.807, 2.05) is 18.2 Å². The van der Waals surface area contributed by atoms with Gasteiger partial charge >= 0.3 is 5.97 Å². The molecule has 98 valence electrons. The average Bonchev–Trinajstić information content (AvgIpc) is 2.39. The molecular formula is C16H22O2. The van der Waals surface area contributed by atoms with Crippen molar-refractivity contribution in [1.82, 2.24) is 0 Å². The van der Waals surface area contributed by atoms with Crippen LogP contribution in [0.2, 0.25) is 0 Å². The SMILES string of the molecule is C=C(C)C(=O)OCC(CCCC)c1ccccc1. The lowest BCUT2D eigenvalue weighted by Gasteiger charge is -2.17. The molecule has 2 nitrogen and oxygen atoms in total. The summed E-state index contributed by atoms with van der Waals surface area (Å²) in [7, 11) is 0. The maximum atomic E-state index is 11.4. The predicted octanol–water partition coefficient (Wildman–Crippen LogP) is 4.08. The Morgan fingerprint density at radius 3 is 2.56 bits per heavy atom. The van der Waals surface area contributed by atoms with Gasteiger partial charge in [-0.05, 0) is 18.9 Å². The summed E-state index contributed by atoms with van der Waals surface area (Å²) in [6.07, 6.45) is 3.34. The van der Waals surface area contributed by atoms with Gasteiger partial charge in [0.25, 0.3) is 0 Å². The van der Waals surface area contributed by atoms with Crippen LogP contribution in [-0.2, 0) is 9.53 Å². The molecule has 0 radical (unpaired) electrons. The van der Waals surface area contributed by atoms with E-state index in [9.17, 15) is 4.79 Å². The molecule has 0 bridgehead atoms. The van der Waals surface area contributed by atoms with Gasteiger partial charge in [-0.1, -0.05) is 56.7 Å². The number of ether oxygens (including phenoxy) is 1. The van der Waals surface area contributed by atoms with Gasteiger partial charge < -0.3 is 4.74 Å². The molecule has 0 spiro atoms. The minimum absolute atomic E-state index is 0.287. The first-order chi connectivity index (χ1) is 8.65. The Hall–Kier alpha value is -1.57. The van der Waals surface area contributed by atoms with Crippen molar-refractivity contribution in [3.8, 4) is 0 Å². The highest BCUT2D eigenvalue weighted by atomic mass is 16.5. The molecule has 0 aromatic heterocycles. The van der Waals surface area contributed by atoms with Gasteiger partial charge in [-0.3, -0.25) is 0 Å². The van der Waals surface area contributed by atoms with E-state index >= 15 is 0 Å². The number of carbonyl (C=O) groups is 1. The van der Waals surface area contributed by atoms with Crippen molar-refractivity contribution in [2.45, 2.75) is 39.0 Å². The van der Waals surface area contributed by atoms with Crippen molar-refractivity contribution < 1.29 is 9.53 Å². The molecule has 0 N–H and O–H groups in total. The number of esters is 1. The summed E-state index contributed by atoms with van der Waals surface area (Å²) in [5.74, 6) is -0.0121. The second-order valence-electron chi connectivity index (χ2n) is 4.63. The van der Waals surface area contributed by atoms with Crippen LogP contribution in [0.4, 0.5) is 0 Å². The highest BCUT2D eigenvalue weighted by molar-refractivity contribution is 5.86. The van der Waals surface area contributed by atoms with Gasteiger partial charge in [0.05, 0.1) is 6.61 Å². The van der Waals surface area contributed by atoms with Gasteiger partial charge in [0, 0.05) is 11.5 Å². The Balaban J connectivity index is 2.62. The molecule has 0 aliphatic carbocycles. The fraction of sp³-hybridized carbons (Fsp3) is 0.438. The predicted molar refractivity (Wildman–Crippen MR) is 74.5 cm³/mol. The van der Waals surface area contributed by atoms with Crippen LogP contribution in [0.3, 0.4) is 0 Å². The van der Waals surface area contributed by atoms with E-state index in [4.69, 9.17) is 4.74 Å². The lowest BCUT2D eigenvalue weighted by molar-refractivity contribution is -0.139. The van der Waals surface area contributed by atoms with Gasteiger partial charge in [0.15, 0.2) is 0 Å². The first-order valence-electron chi connectivity index (χ1n) is 6.52. The summed E-state index contributed by atoms with van der Waals surface area (Å²) in [6.45, 7) is 7.87. The zero-order valence-electron chi connectivity index (χ0n) is 11.3. The summed E-state index contributed by atoms with van der Waals surface area (Å²) in [6, 6.07) is 10.2. The zero-order valence-corrected chi connectivity index (χ0v) is 11.3. The number of benzene rings is 1. The lowest BCUT2D eigenvalue weighted by Crippen LogP contribution is -2.13. The summed E-state index contributed by atoms with van der Waals surface area (Å²) in [4.78, 5) is 11.4. The van der Waals surface area contributed by atoms with Crippen LogP contribution in [0.1, 0.15) is 44.6 Å². The van der Waals surface area contributed by atoms with Crippen LogP contribution in [0.15, 0.2) is 42.5 Å². The van der Waals surface area contributed by atoms with E-state index in [0.29, 0.717) is 12.2 Å². The van der Waals surface area contributed by atoms with Gasteiger partial charge in [-0.25, -0.2) is 4.79 Å². The molecular weight excluding hydrogens is 224 g/mol. The molecule has 1 aromatic rings. The molecule has 0 saturated carbocycles. The van der Waals surface area contributed by atoms with Crippen molar-refractivity contribution in [3.63, 3.8) is 0 Å². The highest BCUT2D eigenvalue weighted by Crippen LogP contribution is 2.22. The molecule has 0 saturated heterocycles. The van der Waals surface area contributed by atoms with Crippen molar-refractivity contribution in [2.24, 2.45) is 0 Å². The van der Waals surface area contributed by atoms with Crippen molar-refractivity contribution in [3.05, 3.63) is 48.0 Å². The quantitative estimate of drug-likeness (QED) is 0.535. The van der Waals surface area contributed by atoms with Gasteiger partial charge in [0.2, 0.25) is 0 Å². The molecule has 0 amide bonds. The first-order valence-corrected chi connectivity index (χ1v) is 6.52. The lowest BCUT2D eigenvalue weighted by atomic mass is 9.94. The summed E-state index contributed by atoms with van der Waals surface area (Å²) in [5.41, 5.74) is 1.69. The molecule has 1 aromatic carbocycles. The molecule has 1 unspecified atom stereocenters. The van der Waals surface area contributed by atoms with Crippen LogP contribution < -0.4 is 0 Å². The third-order valence-electron chi connectivity index (χ3n) is 2.94. The molecule has 0 fully saturated rings. The van der Waals surface area contributed by atoms with Crippen LogP contribution >= 0.6 is 0 Å². The Labute approximate surface area is 110 Å². The fourth-order valence-corrected chi connectivity index (χ4v) is 1.82. The Kier molecular flexibility index (Phi) is 6.20. The summed E-state index contributed by atoms with van der Waals surface area (Å²) >= 11 is 0. The topological polar surface area (TPSA) is 26.3 Å². The fourth-order valence-electron chi connectivity index (χ4n) is 1.82. The smallest absolute Gasteiger partial charge is 0.333 e. The Bertz CT molecular complexity index is 381. The number of hydrogen-bond donors (Lipinski definition) is 0. The Morgan fingerprint density at radius 1 is 1.33 bits per heavy atom. The van der Waals surface area contributed by atoms with Gasteiger partial charge in [-0.2, -0.15) is 0 Å². The van der Waals surface area contributed by atoms with E-state index in [-0.39, 0.29) is 11.9 Å². The minimum Gasteiger partial charge on any atom is -0.462 e. The molecule has 2 heteroatoms. The number of unbranched alkanes of at least 4 members (excludes halogenated alkanes) is 1. The van der Waals surface area contributed by atoms with Crippen LogP contribution in [0.25, 0.3) is 0 Å².